The van der Waals surface area contributed by atoms with Gasteiger partial charge in [0.2, 0.25) is 0 Å². The average molecular weight is 907 g/mol. The summed E-state index contributed by atoms with van der Waals surface area (Å²) in [4.78, 5) is 5.05. The molecule has 4 nitrogen and oxygen atoms in total. The van der Waals surface area contributed by atoms with Crippen LogP contribution in [-0.4, -0.2) is 8.80 Å². The Kier molecular flexibility index (Phi) is 8.97. The van der Waals surface area contributed by atoms with Crippen LogP contribution in [0.5, 0.6) is 0 Å². The molecule has 70 heavy (non-hydrogen) atoms. The second kappa shape index (κ2) is 14.8. The number of benzene rings is 9. The van der Waals surface area contributed by atoms with Crippen LogP contribution < -0.4 is 9.80 Å². The summed E-state index contributed by atoms with van der Waals surface area (Å²) in [6.45, 7) is 26.9. The van der Waals surface area contributed by atoms with Crippen molar-refractivity contribution in [3.8, 4) is 0 Å². The number of aryl methyl sites for hydroxylation is 8. The molecule has 0 saturated heterocycles. The van der Waals surface area contributed by atoms with Gasteiger partial charge in [-0.05, 0) is 235 Å². The van der Waals surface area contributed by atoms with Gasteiger partial charge in [-0.25, -0.2) is 0 Å². The highest BCUT2D eigenvalue weighted by atomic mass is 15.2. The van der Waals surface area contributed by atoms with E-state index in [0.717, 1.165) is 0 Å². The van der Waals surface area contributed by atoms with Crippen molar-refractivity contribution in [1.29, 1.82) is 0 Å². The lowest BCUT2D eigenvalue weighted by atomic mass is 9.98. The van der Waals surface area contributed by atoms with Crippen LogP contribution in [0, 0.1) is 83.1 Å². The first-order chi connectivity index (χ1) is 33.7. The molecule has 0 amide bonds. The Morgan fingerprint density at radius 2 is 0.557 bits per heavy atom. The van der Waals surface area contributed by atoms with Gasteiger partial charge in [0.05, 0.1) is 44.5 Å². The highest BCUT2D eigenvalue weighted by Crippen LogP contribution is 2.52. The molecule has 13 rings (SSSR count). The monoisotopic (exact) mass is 906 g/mol. The molecule has 0 saturated carbocycles. The minimum atomic E-state index is 1.18. The molecule has 0 bridgehead atoms. The van der Waals surface area contributed by atoms with Gasteiger partial charge in [-0.1, -0.05) is 48.5 Å². The molecule has 4 aromatic heterocycles. The number of fused-ring (bicyclic) bond motifs is 12. The molecule has 0 spiro atoms. The van der Waals surface area contributed by atoms with Crippen LogP contribution in [0.1, 0.15) is 66.8 Å². The highest BCUT2D eigenvalue weighted by Gasteiger charge is 2.29. The third-order valence-corrected chi connectivity index (χ3v) is 16.9. The smallest absolute Gasteiger partial charge is 0.0641 e. The first-order valence-corrected chi connectivity index (χ1v) is 24.9. The van der Waals surface area contributed by atoms with Crippen LogP contribution in [0.4, 0.5) is 34.1 Å². The fourth-order valence-electron chi connectivity index (χ4n) is 12.3. The Balaban J connectivity index is 1.12. The molecule has 0 N–H and O–H groups in total. The number of hydrogen-bond donors (Lipinski definition) is 0. The van der Waals surface area contributed by atoms with E-state index in [1.807, 2.05) is 0 Å². The van der Waals surface area contributed by atoms with Crippen molar-refractivity contribution >= 4 is 110 Å². The van der Waals surface area contributed by atoms with Gasteiger partial charge in [-0.2, -0.15) is 0 Å². The second-order valence-electron chi connectivity index (χ2n) is 20.8. The fourth-order valence-corrected chi connectivity index (χ4v) is 12.3. The van der Waals surface area contributed by atoms with E-state index >= 15 is 0 Å². The first kappa shape index (κ1) is 42.3. The molecule has 4 heterocycles. The Labute approximate surface area is 410 Å². The minimum Gasteiger partial charge on any atom is -0.310 e. The number of anilines is 6. The van der Waals surface area contributed by atoms with Gasteiger partial charge < -0.3 is 18.6 Å². The zero-order chi connectivity index (χ0) is 48.3. The van der Waals surface area contributed by atoms with E-state index in [9.17, 15) is 0 Å². The third kappa shape index (κ3) is 5.71. The molecule has 0 aliphatic heterocycles. The van der Waals surface area contributed by atoms with Crippen molar-refractivity contribution in [2.24, 2.45) is 0 Å². The Morgan fingerprint density at radius 3 is 0.857 bits per heavy atom. The van der Waals surface area contributed by atoms with Crippen LogP contribution >= 0.6 is 0 Å². The van der Waals surface area contributed by atoms with E-state index in [4.69, 9.17) is 0 Å². The molecule has 342 valence electrons. The summed E-state index contributed by atoms with van der Waals surface area (Å²) in [6.07, 6.45) is 0. The normalized spacial score (nSPS) is 12.3. The van der Waals surface area contributed by atoms with Crippen LogP contribution in [-0.2, 0) is 0 Å². The van der Waals surface area contributed by atoms with E-state index in [-0.39, 0.29) is 0 Å². The largest absolute Gasteiger partial charge is 0.310 e. The van der Waals surface area contributed by atoms with Gasteiger partial charge in [-0.3, -0.25) is 0 Å². The SMILES string of the molecule is Cc1cc(N(c2cc(C)c(C)c(C)c2)c2ccc3c4cc5c(cc4n4c6ccccc6c2c34)c2ccc(N(c3cc(C)c(C)c(C)c3)c3cc(C)c(C)c(C)c3)c3c4ccccc4n5c23)cc(C)c1C. The summed E-state index contributed by atoms with van der Waals surface area (Å²) in [5, 5.41) is 10.2. The van der Waals surface area contributed by atoms with E-state index in [1.54, 1.807) is 0 Å². The van der Waals surface area contributed by atoms with Gasteiger partial charge in [0.15, 0.2) is 0 Å². The van der Waals surface area contributed by atoms with Crippen LogP contribution in [0.2, 0.25) is 0 Å². The number of hydrogen-bond acceptors (Lipinski definition) is 2. The molecule has 0 radical (unpaired) electrons. The predicted octanol–water partition coefficient (Wildman–Crippen LogP) is 18.6. The minimum absolute atomic E-state index is 1.18. The summed E-state index contributed by atoms with van der Waals surface area (Å²) in [5.41, 5.74) is 30.3. The molecule has 0 atom stereocenters. The average Bonchev–Trinajstić information content (AvgIpc) is 4.07. The molecule has 4 heteroatoms. The lowest BCUT2D eigenvalue weighted by Crippen LogP contribution is -2.12. The predicted molar refractivity (Wildman–Crippen MR) is 302 cm³/mol. The Hall–Kier alpha value is -7.82. The zero-order valence-electron chi connectivity index (χ0n) is 42.5. The zero-order valence-corrected chi connectivity index (χ0v) is 42.5. The summed E-state index contributed by atoms with van der Waals surface area (Å²) in [6, 6.07) is 51.7. The molecule has 0 aliphatic rings. The lowest BCUT2D eigenvalue weighted by molar-refractivity contribution is 1.20. The van der Waals surface area contributed by atoms with Gasteiger partial charge in [-0.15, -0.1) is 0 Å². The third-order valence-electron chi connectivity index (χ3n) is 16.9. The van der Waals surface area contributed by atoms with Crippen molar-refractivity contribution < 1.29 is 0 Å². The van der Waals surface area contributed by atoms with Gasteiger partial charge >= 0.3 is 0 Å². The highest BCUT2D eigenvalue weighted by molar-refractivity contribution is 6.32. The first-order valence-electron chi connectivity index (χ1n) is 24.9. The summed E-state index contributed by atoms with van der Waals surface area (Å²) in [5.74, 6) is 0. The van der Waals surface area contributed by atoms with Crippen molar-refractivity contribution in [2.75, 3.05) is 9.80 Å². The molecular weight excluding hydrogens is 849 g/mol. The van der Waals surface area contributed by atoms with Crippen molar-refractivity contribution in [3.63, 3.8) is 0 Å². The standard InChI is InChI=1S/C66H58N4/c1-35-25-47(26-36(2)43(35)9)67(48-27-37(3)44(10)38(4)28-48)59-23-21-51-55-33-62-56(34-61(55)69-57-19-15-13-17-53(57)63(59)65(51)69)52-22-24-60(64-54-18-14-16-20-58(54)70(62)66(52)64)68(49-29-39(5)45(11)40(6)30-49)50-31-41(7)46(12)42(8)32-50/h13-34H,1-12H3. The summed E-state index contributed by atoms with van der Waals surface area (Å²) in [7, 11) is 0. The molecule has 0 unspecified atom stereocenters. The second-order valence-corrected chi connectivity index (χ2v) is 20.8. The Morgan fingerprint density at radius 1 is 0.271 bits per heavy atom. The molecule has 13 aromatic rings. The summed E-state index contributed by atoms with van der Waals surface area (Å²) < 4.78 is 5.13. The molecular formula is C66H58N4. The summed E-state index contributed by atoms with van der Waals surface area (Å²) >= 11 is 0. The Bertz CT molecular complexity index is 3890. The maximum atomic E-state index is 2.57. The van der Waals surface area contributed by atoms with Crippen molar-refractivity contribution in [2.45, 2.75) is 83.1 Å². The maximum Gasteiger partial charge on any atom is 0.0641 e. The number of aromatic nitrogens is 2. The van der Waals surface area contributed by atoms with Crippen LogP contribution in [0.15, 0.2) is 133 Å². The van der Waals surface area contributed by atoms with E-state index in [0.29, 0.717) is 0 Å². The quantitative estimate of drug-likeness (QED) is 0.165. The van der Waals surface area contributed by atoms with Gasteiger partial charge in [0, 0.05) is 65.8 Å². The van der Waals surface area contributed by atoms with Crippen LogP contribution in [0.3, 0.4) is 0 Å². The van der Waals surface area contributed by atoms with E-state index < -0.39 is 0 Å². The maximum absolute atomic E-state index is 2.57. The molecule has 9 aromatic carbocycles. The number of para-hydroxylation sites is 2. The van der Waals surface area contributed by atoms with Crippen molar-refractivity contribution in [1.82, 2.24) is 8.80 Å². The topological polar surface area (TPSA) is 15.3 Å². The van der Waals surface area contributed by atoms with Crippen molar-refractivity contribution in [3.05, 3.63) is 200 Å². The molecule has 0 fully saturated rings. The molecule has 0 aliphatic carbocycles. The number of rotatable bonds is 6. The van der Waals surface area contributed by atoms with E-state index in [2.05, 4.69) is 235 Å². The van der Waals surface area contributed by atoms with Gasteiger partial charge in [0.1, 0.15) is 0 Å². The number of nitrogens with zero attached hydrogens (tertiary/aromatic N) is 4. The lowest BCUT2D eigenvalue weighted by Gasteiger charge is -2.29. The van der Waals surface area contributed by atoms with Crippen LogP contribution in [0.25, 0.3) is 76.2 Å². The fraction of sp³-hybridized carbons (Fsp3) is 0.182. The van der Waals surface area contributed by atoms with Gasteiger partial charge in [0.25, 0.3) is 0 Å². The van der Waals surface area contributed by atoms with E-state index in [1.165, 1.54) is 177 Å².